The molecular weight excluding hydrogens is 223 g/mol. The average Bonchev–Trinajstić information content (AvgIpc) is 2.17. The third-order valence-corrected chi connectivity index (χ3v) is 3.13. The predicted octanol–water partition coefficient (Wildman–Crippen LogP) is -0.120. The molecule has 1 atom stereocenters. The molecule has 0 radical (unpaired) electrons. The standard InChI is InChI=1S/C8H11FN2O3S/c1-6(5-12)11-15(13,14)8-7(9)3-2-4-10-8/h2-4,6,11-12H,5H2,1H3/t6-/m1/s1. The lowest BCUT2D eigenvalue weighted by Gasteiger charge is -2.10. The van der Waals surface area contributed by atoms with E-state index < -0.39 is 26.9 Å². The zero-order valence-electron chi connectivity index (χ0n) is 8.01. The van der Waals surface area contributed by atoms with Gasteiger partial charge in [0.25, 0.3) is 10.0 Å². The maximum absolute atomic E-state index is 13.1. The van der Waals surface area contributed by atoms with Crippen LogP contribution in [-0.2, 0) is 10.0 Å². The van der Waals surface area contributed by atoms with Crippen molar-refractivity contribution in [2.24, 2.45) is 0 Å². The predicted molar refractivity (Wildman–Crippen MR) is 51.1 cm³/mol. The van der Waals surface area contributed by atoms with Crippen molar-refractivity contribution >= 4 is 10.0 Å². The number of nitrogens with one attached hydrogen (secondary N) is 1. The molecule has 0 unspecified atom stereocenters. The van der Waals surface area contributed by atoms with Crippen molar-refractivity contribution in [3.05, 3.63) is 24.1 Å². The summed E-state index contributed by atoms with van der Waals surface area (Å²) >= 11 is 0. The SMILES string of the molecule is C[C@H](CO)NS(=O)(=O)c1ncccc1F. The van der Waals surface area contributed by atoms with Crippen LogP contribution in [0.15, 0.2) is 23.4 Å². The number of aliphatic hydroxyl groups is 1. The molecule has 2 N–H and O–H groups in total. The van der Waals surface area contributed by atoms with E-state index in [2.05, 4.69) is 9.71 Å². The monoisotopic (exact) mass is 234 g/mol. The lowest BCUT2D eigenvalue weighted by molar-refractivity contribution is 0.265. The zero-order chi connectivity index (χ0) is 11.5. The van der Waals surface area contributed by atoms with Gasteiger partial charge >= 0.3 is 0 Å². The highest BCUT2D eigenvalue weighted by atomic mass is 32.2. The molecule has 1 rings (SSSR count). The van der Waals surface area contributed by atoms with Gasteiger partial charge in [0.2, 0.25) is 5.03 Å². The molecule has 0 spiro atoms. The molecule has 1 aromatic rings. The fourth-order valence-electron chi connectivity index (χ4n) is 0.927. The van der Waals surface area contributed by atoms with Crippen molar-refractivity contribution in [2.75, 3.05) is 6.61 Å². The van der Waals surface area contributed by atoms with Crippen LogP contribution < -0.4 is 4.72 Å². The number of hydrogen-bond donors (Lipinski definition) is 2. The molecular formula is C8H11FN2O3S. The first-order chi connectivity index (χ1) is 6.97. The molecule has 5 nitrogen and oxygen atoms in total. The molecule has 0 aromatic carbocycles. The van der Waals surface area contributed by atoms with Crippen molar-refractivity contribution < 1.29 is 17.9 Å². The van der Waals surface area contributed by atoms with Crippen LogP contribution in [0.2, 0.25) is 0 Å². The van der Waals surface area contributed by atoms with Gasteiger partial charge < -0.3 is 5.11 Å². The van der Waals surface area contributed by atoms with Crippen LogP contribution >= 0.6 is 0 Å². The summed E-state index contributed by atoms with van der Waals surface area (Å²) in [5.41, 5.74) is 0. The number of nitrogens with zero attached hydrogens (tertiary/aromatic N) is 1. The lowest BCUT2D eigenvalue weighted by atomic mass is 10.4. The van der Waals surface area contributed by atoms with E-state index in [9.17, 15) is 12.8 Å². The van der Waals surface area contributed by atoms with Gasteiger partial charge in [-0.15, -0.1) is 0 Å². The molecule has 0 saturated heterocycles. The van der Waals surface area contributed by atoms with E-state index in [0.717, 1.165) is 6.07 Å². The lowest BCUT2D eigenvalue weighted by Crippen LogP contribution is -2.35. The first-order valence-corrected chi connectivity index (χ1v) is 5.69. The molecule has 1 heterocycles. The van der Waals surface area contributed by atoms with Gasteiger partial charge in [0, 0.05) is 12.2 Å². The van der Waals surface area contributed by atoms with Gasteiger partial charge in [-0.05, 0) is 19.1 Å². The Hall–Kier alpha value is -1.05. The first kappa shape index (κ1) is 12.0. The Labute approximate surface area is 87.0 Å². The summed E-state index contributed by atoms with van der Waals surface area (Å²) in [5.74, 6) is -0.921. The highest BCUT2D eigenvalue weighted by Gasteiger charge is 2.21. The zero-order valence-corrected chi connectivity index (χ0v) is 8.83. The molecule has 7 heteroatoms. The van der Waals surface area contributed by atoms with Crippen molar-refractivity contribution in [1.29, 1.82) is 0 Å². The van der Waals surface area contributed by atoms with Crippen LogP contribution in [-0.4, -0.2) is 31.2 Å². The molecule has 0 fully saturated rings. The maximum Gasteiger partial charge on any atom is 0.261 e. The second kappa shape index (κ2) is 4.65. The molecule has 84 valence electrons. The molecule has 15 heavy (non-hydrogen) atoms. The van der Waals surface area contributed by atoms with Gasteiger partial charge in [-0.1, -0.05) is 0 Å². The Morgan fingerprint density at radius 3 is 2.87 bits per heavy atom. The summed E-state index contributed by atoms with van der Waals surface area (Å²) in [4.78, 5) is 3.43. The maximum atomic E-state index is 13.1. The quantitative estimate of drug-likeness (QED) is 0.761. The van der Waals surface area contributed by atoms with Gasteiger partial charge in [-0.2, -0.15) is 0 Å². The van der Waals surface area contributed by atoms with E-state index in [4.69, 9.17) is 5.11 Å². The minimum absolute atomic E-state index is 0.367. The van der Waals surface area contributed by atoms with Crippen molar-refractivity contribution in [3.8, 4) is 0 Å². The molecule has 0 aliphatic heterocycles. The summed E-state index contributed by atoms with van der Waals surface area (Å²) < 4.78 is 38.2. The molecule has 0 amide bonds. The molecule has 0 bridgehead atoms. The number of sulfonamides is 1. The van der Waals surface area contributed by atoms with Crippen LogP contribution in [0.5, 0.6) is 0 Å². The van der Waals surface area contributed by atoms with Gasteiger partial charge in [0.05, 0.1) is 6.61 Å². The average molecular weight is 234 g/mol. The molecule has 0 aliphatic carbocycles. The van der Waals surface area contributed by atoms with E-state index in [0.29, 0.717) is 0 Å². The third kappa shape index (κ3) is 2.95. The molecule has 0 saturated carbocycles. The van der Waals surface area contributed by atoms with Crippen molar-refractivity contribution in [2.45, 2.75) is 18.0 Å². The number of rotatable bonds is 4. The minimum atomic E-state index is -4.00. The van der Waals surface area contributed by atoms with E-state index >= 15 is 0 Å². The third-order valence-electron chi connectivity index (χ3n) is 1.61. The topological polar surface area (TPSA) is 79.3 Å². The smallest absolute Gasteiger partial charge is 0.261 e. The van der Waals surface area contributed by atoms with Gasteiger partial charge in [-0.3, -0.25) is 0 Å². The number of hydrogen-bond acceptors (Lipinski definition) is 4. The first-order valence-electron chi connectivity index (χ1n) is 4.21. The highest BCUT2D eigenvalue weighted by Crippen LogP contribution is 2.09. The molecule has 0 aliphatic rings. The summed E-state index contributed by atoms with van der Waals surface area (Å²) in [6, 6.07) is 1.62. The van der Waals surface area contributed by atoms with Gasteiger partial charge in [0.15, 0.2) is 5.82 Å². The largest absolute Gasteiger partial charge is 0.395 e. The minimum Gasteiger partial charge on any atom is -0.395 e. The van der Waals surface area contributed by atoms with Crippen LogP contribution in [0.25, 0.3) is 0 Å². The van der Waals surface area contributed by atoms with Gasteiger partial charge in [-0.25, -0.2) is 22.5 Å². The van der Waals surface area contributed by atoms with Crippen LogP contribution in [0.3, 0.4) is 0 Å². The Morgan fingerprint density at radius 2 is 2.33 bits per heavy atom. The van der Waals surface area contributed by atoms with Crippen molar-refractivity contribution in [3.63, 3.8) is 0 Å². The van der Waals surface area contributed by atoms with Crippen LogP contribution in [0, 0.1) is 5.82 Å². The van der Waals surface area contributed by atoms with E-state index in [-0.39, 0.29) is 6.61 Å². The second-order valence-electron chi connectivity index (χ2n) is 3.00. The van der Waals surface area contributed by atoms with E-state index in [1.165, 1.54) is 19.2 Å². The summed E-state index contributed by atoms with van der Waals surface area (Å²) in [7, 11) is -4.00. The second-order valence-corrected chi connectivity index (χ2v) is 4.62. The van der Waals surface area contributed by atoms with Crippen LogP contribution in [0.4, 0.5) is 4.39 Å². The van der Waals surface area contributed by atoms with Crippen molar-refractivity contribution in [1.82, 2.24) is 9.71 Å². The Kier molecular flexibility index (Phi) is 3.72. The molecule has 1 aromatic heterocycles. The summed E-state index contributed by atoms with van der Waals surface area (Å²) in [6.07, 6.45) is 1.18. The normalized spacial score (nSPS) is 13.8. The number of aromatic nitrogens is 1. The summed E-state index contributed by atoms with van der Waals surface area (Å²) in [5, 5.41) is 8.01. The fraction of sp³-hybridized carbons (Fsp3) is 0.375. The number of aliphatic hydroxyl groups excluding tert-OH is 1. The van der Waals surface area contributed by atoms with E-state index in [1.807, 2.05) is 0 Å². The highest BCUT2D eigenvalue weighted by molar-refractivity contribution is 7.89. The number of halogens is 1. The Bertz CT molecular complexity index is 435. The Morgan fingerprint density at radius 1 is 1.67 bits per heavy atom. The Balaban J connectivity index is 3.02. The fourth-order valence-corrected chi connectivity index (χ4v) is 2.17. The van der Waals surface area contributed by atoms with Crippen LogP contribution in [0.1, 0.15) is 6.92 Å². The number of pyridine rings is 1. The van der Waals surface area contributed by atoms with Gasteiger partial charge in [0.1, 0.15) is 0 Å². The van der Waals surface area contributed by atoms with E-state index in [1.54, 1.807) is 0 Å². The summed E-state index contributed by atoms with van der Waals surface area (Å²) in [6.45, 7) is 1.09.